The molecule has 0 aliphatic heterocycles. The molecule has 5 heteroatoms. The first-order valence-corrected chi connectivity index (χ1v) is 21.0. The van der Waals surface area contributed by atoms with Gasteiger partial charge in [-0.2, -0.15) is 0 Å². The Balaban J connectivity index is 1.12. The van der Waals surface area contributed by atoms with Crippen molar-refractivity contribution in [2.75, 3.05) is 0 Å². The van der Waals surface area contributed by atoms with E-state index in [1.165, 1.54) is 54.1 Å². The molecule has 10 aromatic carbocycles. The molecule has 0 saturated heterocycles. The van der Waals surface area contributed by atoms with Gasteiger partial charge < -0.3 is 9.13 Å². The Kier molecular flexibility index (Phi) is 7.54. The quantitative estimate of drug-likeness (QED) is 0.174. The lowest BCUT2D eigenvalue weighted by atomic mass is 10.0. The van der Waals surface area contributed by atoms with Crippen molar-refractivity contribution >= 4 is 75.9 Å². The first-order chi connectivity index (χ1) is 30.7. The van der Waals surface area contributed by atoms with Crippen molar-refractivity contribution in [1.82, 2.24) is 24.1 Å². The van der Waals surface area contributed by atoms with E-state index in [2.05, 4.69) is 185 Å². The van der Waals surface area contributed by atoms with Gasteiger partial charge in [-0.1, -0.05) is 164 Å². The van der Waals surface area contributed by atoms with E-state index in [0.29, 0.717) is 17.5 Å². The van der Waals surface area contributed by atoms with Crippen LogP contribution in [0.1, 0.15) is 0 Å². The van der Waals surface area contributed by atoms with Crippen molar-refractivity contribution < 1.29 is 0 Å². The zero-order valence-electron chi connectivity index (χ0n) is 33.4. The van der Waals surface area contributed by atoms with Crippen molar-refractivity contribution in [3.8, 4) is 45.5 Å². The van der Waals surface area contributed by atoms with Crippen molar-refractivity contribution in [2.45, 2.75) is 0 Å². The minimum atomic E-state index is 0.629. The summed E-state index contributed by atoms with van der Waals surface area (Å²) in [4.78, 5) is 15.5. The van der Waals surface area contributed by atoms with Crippen LogP contribution in [0, 0.1) is 0 Å². The van der Waals surface area contributed by atoms with Crippen LogP contribution >= 0.6 is 0 Å². The van der Waals surface area contributed by atoms with Gasteiger partial charge in [0.05, 0.1) is 22.1 Å². The van der Waals surface area contributed by atoms with E-state index in [1.54, 1.807) is 0 Å². The number of benzene rings is 10. The molecule has 62 heavy (non-hydrogen) atoms. The molecular formula is C57H35N5. The predicted octanol–water partition coefficient (Wildman–Crippen LogP) is 14.5. The number of aromatic nitrogens is 5. The average molecular weight is 790 g/mol. The second-order valence-electron chi connectivity index (χ2n) is 16.0. The Bertz CT molecular complexity index is 3860. The van der Waals surface area contributed by atoms with Gasteiger partial charge in [-0.25, -0.2) is 15.0 Å². The molecule has 0 unspecified atom stereocenters. The summed E-state index contributed by atoms with van der Waals surface area (Å²) >= 11 is 0. The Morgan fingerprint density at radius 3 is 1.48 bits per heavy atom. The zero-order valence-corrected chi connectivity index (χ0v) is 33.4. The highest BCUT2D eigenvalue weighted by atomic mass is 15.0. The third-order valence-electron chi connectivity index (χ3n) is 12.5. The van der Waals surface area contributed by atoms with E-state index in [0.717, 1.165) is 49.9 Å². The lowest BCUT2D eigenvalue weighted by molar-refractivity contribution is 1.07. The predicted molar refractivity (Wildman–Crippen MR) is 257 cm³/mol. The minimum absolute atomic E-state index is 0.629. The molecule has 0 spiro atoms. The van der Waals surface area contributed by atoms with Crippen molar-refractivity contribution in [3.05, 3.63) is 212 Å². The summed E-state index contributed by atoms with van der Waals surface area (Å²) in [6.07, 6.45) is 0. The van der Waals surface area contributed by atoms with Gasteiger partial charge in [0.25, 0.3) is 0 Å². The van der Waals surface area contributed by atoms with Crippen LogP contribution in [0.15, 0.2) is 212 Å². The van der Waals surface area contributed by atoms with Crippen LogP contribution < -0.4 is 0 Å². The molecule has 288 valence electrons. The summed E-state index contributed by atoms with van der Waals surface area (Å²) in [5, 5.41) is 12.0. The summed E-state index contributed by atoms with van der Waals surface area (Å²) in [5.74, 6) is 1.90. The minimum Gasteiger partial charge on any atom is -0.309 e. The van der Waals surface area contributed by atoms with Crippen LogP contribution in [-0.2, 0) is 0 Å². The zero-order chi connectivity index (χ0) is 40.7. The third kappa shape index (κ3) is 5.25. The van der Waals surface area contributed by atoms with E-state index >= 15 is 0 Å². The van der Waals surface area contributed by atoms with Gasteiger partial charge in [0.1, 0.15) is 0 Å². The smallest absolute Gasteiger partial charge is 0.164 e. The summed E-state index contributed by atoms with van der Waals surface area (Å²) in [5.41, 5.74) is 9.63. The molecule has 0 atom stereocenters. The molecule has 0 bridgehead atoms. The topological polar surface area (TPSA) is 48.5 Å². The number of rotatable bonds is 5. The summed E-state index contributed by atoms with van der Waals surface area (Å²) < 4.78 is 4.89. The van der Waals surface area contributed by atoms with E-state index in [-0.39, 0.29) is 0 Å². The molecule has 0 aliphatic rings. The maximum absolute atomic E-state index is 5.22. The van der Waals surface area contributed by atoms with Crippen LogP contribution in [0.25, 0.3) is 121 Å². The maximum Gasteiger partial charge on any atom is 0.164 e. The molecule has 5 nitrogen and oxygen atoms in total. The monoisotopic (exact) mass is 789 g/mol. The van der Waals surface area contributed by atoms with Crippen LogP contribution in [0.5, 0.6) is 0 Å². The number of hydrogen-bond donors (Lipinski definition) is 0. The third-order valence-corrected chi connectivity index (χ3v) is 12.5. The molecule has 0 radical (unpaired) electrons. The Hall–Kier alpha value is -8.41. The van der Waals surface area contributed by atoms with Gasteiger partial charge in [-0.05, 0) is 80.8 Å². The molecule has 0 fully saturated rings. The summed E-state index contributed by atoms with van der Waals surface area (Å²) in [6.45, 7) is 0. The molecule has 0 aliphatic carbocycles. The van der Waals surface area contributed by atoms with Crippen LogP contribution in [0.3, 0.4) is 0 Å². The molecule has 3 aromatic heterocycles. The van der Waals surface area contributed by atoms with E-state index < -0.39 is 0 Å². The van der Waals surface area contributed by atoms with Gasteiger partial charge >= 0.3 is 0 Å². The Morgan fingerprint density at radius 1 is 0.274 bits per heavy atom. The van der Waals surface area contributed by atoms with Gasteiger partial charge in [-0.15, -0.1) is 0 Å². The molecular weight excluding hydrogens is 755 g/mol. The van der Waals surface area contributed by atoms with Crippen LogP contribution in [0.2, 0.25) is 0 Å². The van der Waals surface area contributed by atoms with Gasteiger partial charge in [0.15, 0.2) is 17.5 Å². The second kappa shape index (κ2) is 13.6. The average Bonchev–Trinajstić information content (AvgIpc) is 3.87. The fourth-order valence-corrected chi connectivity index (χ4v) is 9.74. The fourth-order valence-electron chi connectivity index (χ4n) is 9.74. The largest absolute Gasteiger partial charge is 0.309 e. The van der Waals surface area contributed by atoms with E-state index in [9.17, 15) is 0 Å². The second-order valence-corrected chi connectivity index (χ2v) is 16.0. The van der Waals surface area contributed by atoms with Crippen molar-refractivity contribution in [3.63, 3.8) is 0 Å². The SMILES string of the molecule is c1ccc(-c2nc(-c3ccccc3)nc(-c3cc(-n4c5ccccc5c5c6c7c8ccccc8ccc7n(-c7ccc8ccccc8c7)c6ccc54)cc4ccccc34)n2)cc1. The van der Waals surface area contributed by atoms with Crippen LogP contribution in [0.4, 0.5) is 0 Å². The van der Waals surface area contributed by atoms with E-state index in [1.807, 2.05) is 36.4 Å². The number of fused-ring (bicyclic) bond motifs is 11. The molecule has 3 heterocycles. The number of hydrogen-bond acceptors (Lipinski definition) is 3. The Morgan fingerprint density at radius 2 is 0.758 bits per heavy atom. The lowest BCUT2D eigenvalue weighted by Gasteiger charge is -2.14. The molecule has 0 saturated carbocycles. The molecule has 13 rings (SSSR count). The highest BCUT2D eigenvalue weighted by molar-refractivity contribution is 6.33. The van der Waals surface area contributed by atoms with Gasteiger partial charge in [0, 0.05) is 49.6 Å². The summed E-state index contributed by atoms with van der Waals surface area (Å²) in [6, 6.07) is 75.8. The van der Waals surface area contributed by atoms with Gasteiger partial charge in [0.2, 0.25) is 0 Å². The van der Waals surface area contributed by atoms with Crippen molar-refractivity contribution in [1.29, 1.82) is 0 Å². The standard InChI is InChI=1S/C57H35N5/c1-3-17-38(18-4-1)55-58-56(39-19-5-2-6-20-39)60-57(59-55)47-35-43(34-41-22-10-11-23-44(41)47)62-48-26-14-13-25-46(48)53-50(62)31-32-51-54(53)52-45-24-12-9-16-37(45)28-30-49(52)61(51)42-29-27-36-15-7-8-21-40(36)33-42/h1-35H. The summed E-state index contributed by atoms with van der Waals surface area (Å²) in [7, 11) is 0. The maximum atomic E-state index is 5.22. The first-order valence-electron chi connectivity index (χ1n) is 21.0. The van der Waals surface area contributed by atoms with Gasteiger partial charge in [-0.3, -0.25) is 0 Å². The number of para-hydroxylation sites is 1. The molecule has 0 amide bonds. The highest BCUT2D eigenvalue weighted by Crippen LogP contribution is 2.45. The fraction of sp³-hybridized carbons (Fsp3) is 0. The first kappa shape index (κ1) is 34.5. The van der Waals surface area contributed by atoms with Crippen molar-refractivity contribution in [2.24, 2.45) is 0 Å². The molecule has 0 N–H and O–H groups in total. The number of nitrogens with zero attached hydrogens (tertiary/aromatic N) is 5. The lowest BCUT2D eigenvalue weighted by Crippen LogP contribution is -2.02. The van der Waals surface area contributed by atoms with Crippen LogP contribution in [-0.4, -0.2) is 24.1 Å². The normalized spacial score (nSPS) is 11.9. The Labute approximate surface area is 356 Å². The highest BCUT2D eigenvalue weighted by Gasteiger charge is 2.23. The molecule has 13 aromatic rings. The van der Waals surface area contributed by atoms with E-state index in [4.69, 9.17) is 15.0 Å².